The van der Waals surface area contributed by atoms with Crippen LogP contribution in [0.3, 0.4) is 0 Å². The van der Waals surface area contributed by atoms with Gasteiger partial charge in [-0.3, -0.25) is 9.59 Å². The number of hydrogen-bond acceptors (Lipinski definition) is 9. The molecule has 0 saturated carbocycles. The summed E-state index contributed by atoms with van der Waals surface area (Å²) in [5, 5.41) is 9.36. The number of aromatic hydroxyl groups is 1. The summed E-state index contributed by atoms with van der Waals surface area (Å²) in [7, 11) is 5.52. The van der Waals surface area contributed by atoms with E-state index in [0.717, 1.165) is 6.07 Å². The van der Waals surface area contributed by atoms with Gasteiger partial charge in [0, 0.05) is 0 Å². The summed E-state index contributed by atoms with van der Waals surface area (Å²) in [5.74, 6) is -1.59. The number of ether oxygens (including phenoxy) is 4. The molecule has 0 aliphatic rings. The van der Waals surface area contributed by atoms with Crippen molar-refractivity contribution in [2.75, 3.05) is 28.4 Å². The third-order valence-electron chi connectivity index (χ3n) is 4.54. The fraction of sp³-hybridized carbons (Fsp3) is 0.364. The molecule has 0 spiro atoms. The molecule has 12 heteroatoms. The van der Waals surface area contributed by atoms with Gasteiger partial charge < -0.3 is 35.5 Å². The molecule has 9 nitrogen and oxygen atoms in total. The Morgan fingerprint density at radius 1 is 0.971 bits per heavy atom. The van der Waals surface area contributed by atoms with Crippen LogP contribution in [0.5, 0.6) is 17.2 Å². The highest BCUT2D eigenvalue weighted by Crippen LogP contribution is 2.37. The van der Waals surface area contributed by atoms with Crippen molar-refractivity contribution in [2.45, 2.75) is 24.9 Å². The second-order valence-electron chi connectivity index (χ2n) is 6.85. The predicted octanol–water partition coefficient (Wildman–Crippen LogP) is 2.63. The molecular weight excluding hydrogens is 494 g/mol. The van der Waals surface area contributed by atoms with E-state index in [0.29, 0.717) is 27.6 Å². The molecule has 0 amide bonds. The van der Waals surface area contributed by atoms with Gasteiger partial charge in [0.1, 0.15) is 12.1 Å². The second kappa shape index (κ2) is 13.8. The molecular formula is C22H27Cl2FN2O7. The smallest absolute Gasteiger partial charge is 0.322 e. The maximum absolute atomic E-state index is 13.1. The van der Waals surface area contributed by atoms with Crippen molar-refractivity contribution >= 4 is 35.1 Å². The number of carbonyl (C=O) groups is 2. The van der Waals surface area contributed by atoms with Crippen LogP contribution in [0.25, 0.3) is 0 Å². The van der Waals surface area contributed by atoms with Crippen LogP contribution in [0.2, 0.25) is 10.0 Å². The normalized spacial score (nSPS) is 12.0. The Hall–Kier alpha value is -2.79. The number of nitrogens with two attached hydrogens (primary N) is 2. The number of phenols is 1. The van der Waals surface area contributed by atoms with Gasteiger partial charge in [-0.1, -0.05) is 29.3 Å². The molecule has 0 bridgehead atoms. The van der Waals surface area contributed by atoms with E-state index in [1.807, 2.05) is 0 Å². The topological polar surface area (TPSA) is 143 Å². The molecule has 5 N–H and O–H groups in total. The lowest BCUT2D eigenvalue weighted by molar-refractivity contribution is -0.142. The minimum Gasteiger partial charge on any atom is -0.504 e. The fourth-order valence-electron chi connectivity index (χ4n) is 2.78. The molecule has 0 aromatic heterocycles. The van der Waals surface area contributed by atoms with Crippen molar-refractivity contribution in [3.05, 3.63) is 51.3 Å². The summed E-state index contributed by atoms with van der Waals surface area (Å²) in [6.45, 7) is 0. The molecule has 2 aromatic carbocycles. The molecule has 0 radical (unpaired) electrons. The number of methoxy groups -OCH3 is 4. The molecule has 2 rings (SSSR count). The Kier molecular flexibility index (Phi) is 11.9. The highest BCUT2D eigenvalue weighted by atomic mass is 35.5. The molecule has 34 heavy (non-hydrogen) atoms. The zero-order chi connectivity index (χ0) is 26.0. The zero-order valence-corrected chi connectivity index (χ0v) is 20.6. The minimum atomic E-state index is -0.884. The fourth-order valence-corrected chi connectivity index (χ4v) is 3.32. The maximum Gasteiger partial charge on any atom is 0.322 e. The van der Waals surface area contributed by atoms with Crippen LogP contribution in [-0.4, -0.2) is 57.6 Å². The number of carbonyl (C=O) groups excluding carboxylic acids is 2. The van der Waals surface area contributed by atoms with E-state index in [-0.39, 0.29) is 17.9 Å². The van der Waals surface area contributed by atoms with E-state index in [9.17, 15) is 14.0 Å². The summed E-state index contributed by atoms with van der Waals surface area (Å²) in [6.07, 6.45) is 0.357. The lowest BCUT2D eigenvalue weighted by Gasteiger charge is -2.14. The number of benzene rings is 2. The SMILES string of the molecule is COC(=O)[C@H](N)Cc1cc(F)c(O)c(Cl)c1.COC(=O)[C@H](N)Cc1ccc(OC)c(OC)c1Cl. The van der Waals surface area contributed by atoms with Crippen molar-refractivity contribution in [3.8, 4) is 17.2 Å². The van der Waals surface area contributed by atoms with Crippen molar-refractivity contribution in [1.29, 1.82) is 0 Å². The predicted molar refractivity (Wildman–Crippen MR) is 125 cm³/mol. The van der Waals surface area contributed by atoms with Gasteiger partial charge in [-0.05, 0) is 42.2 Å². The van der Waals surface area contributed by atoms with E-state index >= 15 is 0 Å². The van der Waals surface area contributed by atoms with Crippen molar-refractivity contribution in [1.82, 2.24) is 0 Å². The molecule has 2 aromatic rings. The van der Waals surface area contributed by atoms with E-state index in [1.165, 1.54) is 34.5 Å². The van der Waals surface area contributed by atoms with Crippen molar-refractivity contribution in [3.63, 3.8) is 0 Å². The third-order valence-corrected chi connectivity index (χ3v) is 5.25. The number of halogens is 3. The lowest BCUT2D eigenvalue weighted by atomic mass is 10.1. The van der Waals surface area contributed by atoms with Gasteiger partial charge in [-0.2, -0.15) is 0 Å². The summed E-state index contributed by atoms with van der Waals surface area (Å²) >= 11 is 11.7. The van der Waals surface area contributed by atoms with Crippen LogP contribution in [-0.2, 0) is 31.9 Å². The highest BCUT2D eigenvalue weighted by Gasteiger charge is 2.19. The van der Waals surface area contributed by atoms with E-state index in [4.69, 9.17) is 49.2 Å². The Bertz CT molecular complexity index is 984. The minimum absolute atomic E-state index is 0.0869. The number of esters is 2. The molecule has 2 atom stereocenters. The molecule has 0 aliphatic carbocycles. The molecule has 0 aliphatic heterocycles. The Morgan fingerprint density at radius 3 is 2.00 bits per heavy atom. The first-order chi connectivity index (χ1) is 16.0. The van der Waals surface area contributed by atoms with Gasteiger partial charge in [0.2, 0.25) is 0 Å². The third kappa shape index (κ3) is 7.91. The quantitative estimate of drug-likeness (QED) is 0.447. The number of phenolic OH excluding ortho intramolecular Hbond substituents is 1. The average molecular weight is 521 g/mol. The van der Waals surface area contributed by atoms with Crippen molar-refractivity contribution in [2.24, 2.45) is 11.5 Å². The van der Waals surface area contributed by atoms with Crippen LogP contribution in [0.15, 0.2) is 24.3 Å². The summed E-state index contributed by atoms with van der Waals surface area (Å²) in [6, 6.07) is 4.24. The molecule has 0 saturated heterocycles. The number of rotatable bonds is 8. The Morgan fingerprint density at radius 2 is 1.53 bits per heavy atom. The molecule has 0 fully saturated rings. The summed E-state index contributed by atoms with van der Waals surface area (Å²) in [4.78, 5) is 22.3. The summed E-state index contributed by atoms with van der Waals surface area (Å²) < 4.78 is 32.3. The van der Waals surface area contributed by atoms with E-state index in [2.05, 4.69) is 9.47 Å². The summed E-state index contributed by atoms with van der Waals surface area (Å²) in [5.41, 5.74) is 12.3. The molecule has 0 unspecified atom stereocenters. The first-order valence-electron chi connectivity index (χ1n) is 9.73. The van der Waals surface area contributed by atoms with Crippen LogP contribution < -0.4 is 20.9 Å². The van der Waals surface area contributed by atoms with E-state index < -0.39 is 35.6 Å². The molecule has 188 valence electrons. The number of hydrogen-bond donors (Lipinski definition) is 3. The van der Waals surface area contributed by atoms with Gasteiger partial charge in [0.05, 0.1) is 38.5 Å². The standard InChI is InChI=1S/C12H16ClNO4.C10H11ClFNO3/c1-16-9-5-4-7(10(13)11(9)17-2)6-8(14)12(15)18-3;1-16-10(15)8(13)4-5-2-6(11)9(14)7(12)3-5/h4-5,8H,6,14H2,1-3H3;2-3,8,14H,4,13H2,1H3/t2*8-/m11/s1. The highest BCUT2D eigenvalue weighted by molar-refractivity contribution is 6.33. The Labute approximate surface area is 206 Å². The lowest BCUT2D eigenvalue weighted by Crippen LogP contribution is -2.33. The average Bonchev–Trinajstić information content (AvgIpc) is 2.82. The second-order valence-corrected chi connectivity index (χ2v) is 7.63. The van der Waals surface area contributed by atoms with Gasteiger partial charge in [-0.25, -0.2) is 4.39 Å². The van der Waals surface area contributed by atoms with Gasteiger partial charge in [0.15, 0.2) is 23.1 Å². The van der Waals surface area contributed by atoms with Crippen LogP contribution in [0, 0.1) is 5.82 Å². The first kappa shape index (κ1) is 29.2. The first-order valence-corrected chi connectivity index (χ1v) is 10.5. The van der Waals surface area contributed by atoms with Gasteiger partial charge in [-0.15, -0.1) is 0 Å². The Balaban J connectivity index is 0.000000342. The maximum atomic E-state index is 13.1. The van der Waals surface area contributed by atoms with Crippen LogP contribution >= 0.6 is 23.2 Å². The monoisotopic (exact) mass is 520 g/mol. The van der Waals surface area contributed by atoms with Crippen LogP contribution in [0.1, 0.15) is 11.1 Å². The molecule has 0 heterocycles. The largest absolute Gasteiger partial charge is 0.504 e. The van der Waals surface area contributed by atoms with Gasteiger partial charge >= 0.3 is 11.9 Å². The van der Waals surface area contributed by atoms with Gasteiger partial charge in [0.25, 0.3) is 0 Å². The van der Waals surface area contributed by atoms with Crippen LogP contribution in [0.4, 0.5) is 4.39 Å². The van der Waals surface area contributed by atoms with E-state index in [1.54, 1.807) is 12.1 Å². The zero-order valence-electron chi connectivity index (χ0n) is 19.1. The van der Waals surface area contributed by atoms with Crippen molar-refractivity contribution < 1.29 is 38.0 Å².